The fourth-order valence-corrected chi connectivity index (χ4v) is 2.42. The van der Waals surface area contributed by atoms with E-state index in [1.165, 1.54) is 11.3 Å². The molecule has 2 aromatic rings. The molecule has 0 aliphatic carbocycles. The summed E-state index contributed by atoms with van der Waals surface area (Å²) in [5.41, 5.74) is 6.62. The first-order valence-electron chi connectivity index (χ1n) is 4.89. The second kappa shape index (κ2) is 5.39. The summed E-state index contributed by atoms with van der Waals surface area (Å²) < 4.78 is 0.862. The summed E-state index contributed by atoms with van der Waals surface area (Å²) in [6, 6.07) is 8.54. The molecule has 88 valence electrons. The van der Waals surface area contributed by atoms with E-state index in [9.17, 15) is 4.79 Å². The van der Waals surface area contributed by atoms with E-state index >= 15 is 0 Å². The average molecular weight is 312 g/mol. The predicted molar refractivity (Wildman–Crippen MR) is 71.8 cm³/mol. The third kappa shape index (κ3) is 3.12. The van der Waals surface area contributed by atoms with Crippen molar-refractivity contribution in [2.45, 2.75) is 6.04 Å². The molecular weight excluding hydrogens is 302 g/mol. The molecular formula is C11H10BrN3OS. The summed E-state index contributed by atoms with van der Waals surface area (Å²) >= 11 is 4.62. The summed E-state index contributed by atoms with van der Waals surface area (Å²) in [5, 5.41) is 3.21. The van der Waals surface area contributed by atoms with Crippen LogP contribution in [0.1, 0.15) is 11.6 Å². The normalized spacial score (nSPS) is 12.1. The molecule has 1 atom stereocenters. The van der Waals surface area contributed by atoms with Crippen molar-refractivity contribution >= 4 is 38.3 Å². The van der Waals surface area contributed by atoms with Crippen LogP contribution in [-0.4, -0.2) is 10.9 Å². The van der Waals surface area contributed by atoms with Gasteiger partial charge in [0, 0.05) is 0 Å². The third-order valence-corrected chi connectivity index (χ3v) is 3.54. The number of nitrogens with one attached hydrogen (secondary N) is 1. The second-order valence-corrected chi connectivity index (χ2v) is 5.76. The first-order valence-corrected chi connectivity index (χ1v) is 6.50. The number of halogens is 1. The number of nitrogens with two attached hydrogens (primary N) is 1. The van der Waals surface area contributed by atoms with Crippen LogP contribution in [0.3, 0.4) is 0 Å². The zero-order chi connectivity index (χ0) is 12.3. The van der Waals surface area contributed by atoms with Gasteiger partial charge in [0.2, 0.25) is 5.91 Å². The number of nitrogens with zero attached hydrogens (tertiary/aromatic N) is 1. The number of benzene rings is 1. The van der Waals surface area contributed by atoms with Gasteiger partial charge in [0.25, 0.3) is 0 Å². The van der Waals surface area contributed by atoms with E-state index in [4.69, 9.17) is 5.73 Å². The highest BCUT2D eigenvalue weighted by atomic mass is 79.9. The van der Waals surface area contributed by atoms with Gasteiger partial charge in [-0.25, -0.2) is 4.98 Å². The molecule has 2 rings (SSSR count). The Morgan fingerprint density at radius 2 is 2.12 bits per heavy atom. The van der Waals surface area contributed by atoms with Gasteiger partial charge in [-0.05, 0) is 21.5 Å². The molecule has 1 aromatic carbocycles. The average Bonchev–Trinajstić information content (AvgIpc) is 2.75. The number of anilines is 1. The van der Waals surface area contributed by atoms with Gasteiger partial charge in [-0.2, -0.15) is 0 Å². The fourth-order valence-electron chi connectivity index (χ4n) is 1.31. The van der Waals surface area contributed by atoms with Gasteiger partial charge in [-0.1, -0.05) is 41.7 Å². The Morgan fingerprint density at radius 3 is 2.71 bits per heavy atom. The van der Waals surface area contributed by atoms with Gasteiger partial charge >= 0.3 is 0 Å². The van der Waals surface area contributed by atoms with E-state index < -0.39 is 6.04 Å². The maximum absolute atomic E-state index is 11.8. The summed E-state index contributed by atoms with van der Waals surface area (Å²) in [6.45, 7) is 0. The Labute approximate surface area is 111 Å². The number of carbonyl (C=O) groups is 1. The minimum Gasteiger partial charge on any atom is -0.316 e. The van der Waals surface area contributed by atoms with Crippen molar-refractivity contribution in [3.8, 4) is 0 Å². The van der Waals surface area contributed by atoms with E-state index in [0.29, 0.717) is 5.13 Å². The van der Waals surface area contributed by atoms with Gasteiger partial charge < -0.3 is 11.1 Å². The number of carbonyl (C=O) groups excluding carboxylic acids is 1. The lowest BCUT2D eigenvalue weighted by Crippen LogP contribution is -2.27. The first kappa shape index (κ1) is 12.2. The molecule has 1 heterocycles. The monoisotopic (exact) mass is 311 g/mol. The molecule has 0 saturated carbocycles. The molecule has 6 heteroatoms. The molecule has 0 aliphatic heterocycles. The highest BCUT2D eigenvalue weighted by Crippen LogP contribution is 2.24. The summed E-state index contributed by atoms with van der Waals surface area (Å²) in [6.07, 6.45) is 1.63. The zero-order valence-corrected chi connectivity index (χ0v) is 11.2. The molecule has 17 heavy (non-hydrogen) atoms. The Balaban J connectivity index is 2.06. The highest BCUT2D eigenvalue weighted by Gasteiger charge is 2.16. The van der Waals surface area contributed by atoms with Gasteiger partial charge in [0.05, 0.1) is 9.98 Å². The van der Waals surface area contributed by atoms with Gasteiger partial charge in [-0.3, -0.25) is 4.79 Å². The molecule has 1 aromatic heterocycles. The van der Waals surface area contributed by atoms with Crippen LogP contribution in [-0.2, 0) is 4.79 Å². The van der Waals surface area contributed by atoms with Crippen LogP contribution in [0.2, 0.25) is 0 Å². The topological polar surface area (TPSA) is 68.0 Å². The van der Waals surface area contributed by atoms with Crippen molar-refractivity contribution in [2.75, 3.05) is 5.32 Å². The molecule has 3 N–H and O–H groups in total. The van der Waals surface area contributed by atoms with E-state index in [2.05, 4.69) is 26.2 Å². The quantitative estimate of drug-likeness (QED) is 0.915. The van der Waals surface area contributed by atoms with Crippen LogP contribution >= 0.6 is 27.3 Å². The molecule has 0 spiro atoms. The van der Waals surface area contributed by atoms with Crippen molar-refractivity contribution in [3.05, 3.63) is 45.9 Å². The van der Waals surface area contributed by atoms with Crippen molar-refractivity contribution in [3.63, 3.8) is 0 Å². The van der Waals surface area contributed by atoms with Gasteiger partial charge in [0.1, 0.15) is 6.04 Å². The molecule has 4 nitrogen and oxygen atoms in total. The maximum Gasteiger partial charge on any atom is 0.247 e. The summed E-state index contributed by atoms with van der Waals surface area (Å²) in [4.78, 5) is 15.9. The van der Waals surface area contributed by atoms with Crippen LogP contribution in [0, 0.1) is 0 Å². The minimum absolute atomic E-state index is 0.266. The Bertz CT molecular complexity index is 514. The van der Waals surface area contributed by atoms with Gasteiger partial charge in [-0.15, -0.1) is 0 Å². The molecule has 0 aliphatic rings. The van der Waals surface area contributed by atoms with Crippen molar-refractivity contribution < 1.29 is 4.79 Å². The van der Waals surface area contributed by atoms with Crippen molar-refractivity contribution in [2.24, 2.45) is 5.73 Å². The van der Waals surface area contributed by atoms with E-state index in [1.54, 1.807) is 6.20 Å². The van der Waals surface area contributed by atoms with Crippen LogP contribution in [0.5, 0.6) is 0 Å². The lowest BCUT2D eigenvalue weighted by atomic mass is 10.1. The van der Waals surface area contributed by atoms with E-state index in [0.717, 1.165) is 9.35 Å². The number of hydrogen-bond acceptors (Lipinski definition) is 4. The molecule has 1 amide bonds. The third-order valence-electron chi connectivity index (χ3n) is 2.15. The number of thiazole rings is 1. The van der Waals surface area contributed by atoms with Crippen molar-refractivity contribution in [1.82, 2.24) is 4.98 Å². The van der Waals surface area contributed by atoms with Crippen LogP contribution < -0.4 is 11.1 Å². The number of aromatic nitrogens is 1. The first-order chi connectivity index (χ1) is 8.16. The lowest BCUT2D eigenvalue weighted by Gasteiger charge is -2.10. The molecule has 0 saturated heterocycles. The molecule has 0 radical (unpaired) electrons. The lowest BCUT2D eigenvalue weighted by molar-refractivity contribution is -0.117. The summed E-state index contributed by atoms with van der Waals surface area (Å²) in [7, 11) is 0. The van der Waals surface area contributed by atoms with Crippen LogP contribution in [0.15, 0.2) is 40.3 Å². The molecule has 0 fully saturated rings. The largest absolute Gasteiger partial charge is 0.316 e. The SMILES string of the molecule is NC(C(=O)Nc1ncc(Br)s1)c1ccccc1. The Hall–Kier alpha value is -1.24. The Morgan fingerprint density at radius 1 is 1.41 bits per heavy atom. The van der Waals surface area contributed by atoms with Crippen molar-refractivity contribution in [1.29, 1.82) is 0 Å². The highest BCUT2D eigenvalue weighted by molar-refractivity contribution is 9.11. The summed E-state index contributed by atoms with van der Waals surface area (Å²) in [5.74, 6) is -0.266. The van der Waals surface area contributed by atoms with E-state index in [-0.39, 0.29) is 5.91 Å². The molecule has 0 bridgehead atoms. The van der Waals surface area contributed by atoms with Gasteiger partial charge in [0.15, 0.2) is 5.13 Å². The smallest absolute Gasteiger partial charge is 0.247 e. The minimum atomic E-state index is -0.682. The Kier molecular flexibility index (Phi) is 3.88. The van der Waals surface area contributed by atoms with Crippen LogP contribution in [0.25, 0.3) is 0 Å². The number of amides is 1. The second-order valence-electron chi connectivity index (χ2n) is 3.35. The molecule has 1 unspecified atom stereocenters. The van der Waals surface area contributed by atoms with Crippen LogP contribution in [0.4, 0.5) is 5.13 Å². The fraction of sp³-hybridized carbons (Fsp3) is 0.0909. The number of hydrogen-bond donors (Lipinski definition) is 2. The zero-order valence-electron chi connectivity index (χ0n) is 8.76. The standard InChI is InChI=1S/C11H10BrN3OS/c12-8-6-14-11(17-8)15-10(16)9(13)7-4-2-1-3-5-7/h1-6,9H,13H2,(H,14,15,16). The van der Waals surface area contributed by atoms with E-state index in [1.807, 2.05) is 30.3 Å². The predicted octanol–water partition coefficient (Wildman–Crippen LogP) is 2.54. The maximum atomic E-state index is 11.8. The number of rotatable bonds is 3.